The third kappa shape index (κ3) is 3.23. The monoisotopic (exact) mass is 306 g/mol. The van der Waals surface area contributed by atoms with Crippen LogP contribution in [0.5, 0.6) is 0 Å². The third-order valence-corrected chi connectivity index (χ3v) is 3.35. The Labute approximate surface area is 114 Å². The predicted octanol–water partition coefficient (Wildman–Crippen LogP) is 2.83. The van der Waals surface area contributed by atoms with E-state index in [1.165, 1.54) is 5.56 Å². The van der Waals surface area contributed by atoms with Gasteiger partial charge in [-0.05, 0) is 34.3 Å². The van der Waals surface area contributed by atoms with Crippen LogP contribution in [-0.4, -0.2) is 4.57 Å². The molecule has 94 valence electrons. The maximum atomic E-state index is 11.4. The van der Waals surface area contributed by atoms with Gasteiger partial charge in [0.05, 0.1) is 10.2 Å². The molecule has 2 aromatic rings. The number of nitrogens with zero attached hydrogens (tertiary/aromatic N) is 1. The first-order chi connectivity index (χ1) is 8.66. The molecule has 0 spiro atoms. The van der Waals surface area contributed by atoms with E-state index in [1.54, 1.807) is 12.4 Å². The van der Waals surface area contributed by atoms with E-state index in [0.29, 0.717) is 4.47 Å². The summed E-state index contributed by atoms with van der Waals surface area (Å²) in [4.78, 5) is 11.4. The Morgan fingerprint density at radius 1 is 1.17 bits per heavy atom. The lowest BCUT2D eigenvalue weighted by Gasteiger charge is -2.08. The number of hydrogen-bond donors (Lipinski definition) is 1. The average Bonchev–Trinajstić information content (AvgIpc) is 2.37. The number of aryl methyl sites for hydroxylation is 2. The highest BCUT2D eigenvalue weighted by Crippen LogP contribution is 2.08. The summed E-state index contributed by atoms with van der Waals surface area (Å²) >= 11 is 3.22. The summed E-state index contributed by atoms with van der Waals surface area (Å²) in [7, 11) is 0. The van der Waals surface area contributed by atoms with Crippen molar-refractivity contribution >= 4 is 21.6 Å². The average molecular weight is 307 g/mol. The third-order valence-electron chi connectivity index (χ3n) is 2.79. The molecular formula is C14H15BrN2O. The minimum absolute atomic E-state index is 0.144. The molecule has 0 radical (unpaired) electrons. The fraction of sp³-hybridized carbons (Fsp3) is 0.214. The number of benzene rings is 1. The van der Waals surface area contributed by atoms with Crippen LogP contribution in [0.3, 0.4) is 0 Å². The van der Waals surface area contributed by atoms with Crippen LogP contribution in [0.1, 0.15) is 12.0 Å². The zero-order valence-corrected chi connectivity index (χ0v) is 11.6. The lowest BCUT2D eigenvalue weighted by molar-refractivity contribution is 0.637. The number of hydrogen-bond acceptors (Lipinski definition) is 2. The fourth-order valence-electron chi connectivity index (χ4n) is 1.86. The van der Waals surface area contributed by atoms with Gasteiger partial charge >= 0.3 is 0 Å². The predicted molar refractivity (Wildman–Crippen MR) is 77.6 cm³/mol. The number of anilines is 1. The number of nitrogens with two attached hydrogens (primary N) is 1. The number of nitrogen functional groups attached to an aromatic ring is 1. The molecule has 2 N–H and O–H groups in total. The zero-order chi connectivity index (χ0) is 13.0. The summed E-state index contributed by atoms with van der Waals surface area (Å²) in [5.41, 5.74) is 7.10. The SMILES string of the molecule is Nc1cn(CCCc2ccccc2)cc(Br)c1=O. The van der Waals surface area contributed by atoms with E-state index >= 15 is 0 Å². The topological polar surface area (TPSA) is 48.0 Å². The number of pyridine rings is 1. The highest BCUT2D eigenvalue weighted by Gasteiger charge is 2.02. The van der Waals surface area contributed by atoms with E-state index in [9.17, 15) is 4.79 Å². The Balaban J connectivity index is 1.97. The first kappa shape index (κ1) is 12.9. The summed E-state index contributed by atoms with van der Waals surface area (Å²) < 4.78 is 2.46. The molecule has 0 saturated carbocycles. The standard InChI is InChI=1S/C14H15BrN2O/c15-12-9-17(10-13(16)14(12)18)8-4-7-11-5-2-1-3-6-11/h1-3,5-6,9-10H,4,7-8,16H2. The zero-order valence-electron chi connectivity index (χ0n) is 9.97. The van der Waals surface area contributed by atoms with Crippen LogP contribution in [-0.2, 0) is 13.0 Å². The van der Waals surface area contributed by atoms with Crippen LogP contribution < -0.4 is 11.2 Å². The van der Waals surface area contributed by atoms with Crippen LogP contribution >= 0.6 is 15.9 Å². The van der Waals surface area contributed by atoms with Crippen LogP contribution in [0.25, 0.3) is 0 Å². The van der Waals surface area contributed by atoms with Gasteiger partial charge in [-0.1, -0.05) is 30.3 Å². The molecule has 0 aliphatic carbocycles. The van der Waals surface area contributed by atoms with Crippen LogP contribution in [0, 0.1) is 0 Å². The fourth-order valence-corrected chi connectivity index (χ4v) is 2.35. The number of aromatic nitrogens is 1. The molecule has 0 atom stereocenters. The van der Waals surface area contributed by atoms with Gasteiger partial charge in [0, 0.05) is 18.9 Å². The molecule has 1 aromatic heterocycles. The van der Waals surface area contributed by atoms with Crippen molar-refractivity contribution in [3.05, 3.63) is 63.0 Å². The van der Waals surface area contributed by atoms with Crippen molar-refractivity contribution in [2.45, 2.75) is 19.4 Å². The van der Waals surface area contributed by atoms with Crippen molar-refractivity contribution in [3.8, 4) is 0 Å². The van der Waals surface area contributed by atoms with Crippen LogP contribution in [0.15, 0.2) is 52.0 Å². The van der Waals surface area contributed by atoms with E-state index < -0.39 is 0 Å². The summed E-state index contributed by atoms with van der Waals surface area (Å²) in [6, 6.07) is 10.3. The molecule has 0 amide bonds. The summed E-state index contributed by atoms with van der Waals surface area (Å²) in [6.07, 6.45) is 5.50. The van der Waals surface area contributed by atoms with Gasteiger partial charge < -0.3 is 10.3 Å². The molecule has 4 heteroatoms. The summed E-state index contributed by atoms with van der Waals surface area (Å²) in [5, 5.41) is 0. The second-order valence-corrected chi connectivity index (χ2v) is 5.07. The molecule has 0 fully saturated rings. The largest absolute Gasteiger partial charge is 0.394 e. The van der Waals surface area contributed by atoms with E-state index in [-0.39, 0.29) is 11.1 Å². The minimum atomic E-state index is -0.144. The van der Waals surface area contributed by atoms with Crippen LogP contribution in [0.2, 0.25) is 0 Å². The molecular weight excluding hydrogens is 292 g/mol. The van der Waals surface area contributed by atoms with Crippen molar-refractivity contribution in [2.75, 3.05) is 5.73 Å². The Kier molecular flexibility index (Phi) is 4.20. The lowest BCUT2D eigenvalue weighted by Crippen LogP contribution is -2.13. The maximum absolute atomic E-state index is 11.4. The van der Waals surface area contributed by atoms with Crippen molar-refractivity contribution < 1.29 is 0 Å². The molecule has 1 heterocycles. The molecule has 0 bridgehead atoms. The Morgan fingerprint density at radius 3 is 2.56 bits per heavy atom. The van der Waals surface area contributed by atoms with Gasteiger partial charge in [-0.2, -0.15) is 0 Å². The van der Waals surface area contributed by atoms with Gasteiger partial charge in [-0.25, -0.2) is 0 Å². The van der Waals surface area contributed by atoms with E-state index in [1.807, 2.05) is 22.8 Å². The molecule has 18 heavy (non-hydrogen) atoms. The van der Waals surface area contributed by atoms with Crippen molar-refractivity contribution in [1.82, 2.24) is 4.57 Å². The van der Waals surface area contributed by atoms with Gasteiger partial charge in [0.2, 0.25) is 5.43 Å². The van der Waals surface area contributed by atoms with Gasteiger partial charge in [-0.3, -0.25) is 4.79 Å². The molecule has 3 nitrogen and oxygen atoms in total. The van der Waals surface area contributed by atoms with Crippen LogP contribution in [0.4, 0.5) is 5.69 Å². The molecule has 0 unspecified atom stereocenters. The first-order valence-corrected chi connectivity index (χ1v) is 6.65. The Hall–Kier alpha value is -1.55. The number of halogens is 1. The molecule has 0 aliphatic heterocycles. The summed E-state index contributed by atoms with van der Waals surface area (Å²) in [5.74, 6) is 0. The Morgan fingerprint density at radius 2 is 1.89 bits per heavy atom. The van der Waals surface area contributed by atoms with Gasteiger partial charge in [0.25, 0.3) is 0 Å². The molecule has 1 aromatic carbocycles. The normalized spacial score (nSPS) is 10.5. The molecule has 0 aliphatic rings. The quantitative estimate of drug-likeness (QED) is 0.944. The molecule has 2 rings (SSSR count). The smallest absolute Gasteiger partial charge is 0.218 e. The van der Waals surface area contributed by atoms with Gasteiger partial charge in [-0.15, -0.1) is 0 Å². The van der Waals surface area contributed by atoms with Crippen molar-refractivity contribution in [3.63, 3.8) is 0 Å². The lowest BCUT2D eigenvalue weighted by atomic mass is 10.1. The first-order valence-electron chi connectivity index (χ1n) is 5.86. The highest BCUT2D eigenvalue weighted by atomic mass is 79.9. The van der Waals surface area contributed by atoms with Gasteiger partial charge in [0.1, 0.15) is 0 Å². The summed E-state index contributed by atoms with van der Waals surface area (Å²) in [6.45, 7) is 0.845. The van der Waals surface area contributed by atoms with E-state index in [4.69, 9.17) is 5.73 Å². The van der Waals surface area contributed by atoms with Crippen molar-refractivity contribution in [1.29, 1.82) is 0 Å². The highest BCUT2D eigenvalue weighted by molar-refractivity contribution is 9.10. The van der Waals surface area contributed by atoms with Gasteiger partial charge in [0.15, 0.2) is 0 Å². The van der Waals surface area contributed by atoms with E-state index in [2.05, 4.69) is 28.1 Å². The molecule has 0 saturated heterocycles. The van der Waals surface area contributed by atoms with E-state index in [0.717, 1.165) is 19.4 Å². The second-order valence-electron chi connectivity index (χ2n) is 4.22. The number of rotatable bonds is 4. The van der Waals surface area contributed by atoms with Crippen molar-refractivity contribution in [2.24, 2.45) is 0 Å². The maximum Gasteiger partial charge on any atom is 0.218 e. The minimum Gasteiger partial charge on any atom is -0.394 e. The second kappa shape index (κ2) is 5.87. The Bertz CT molecular complexity index is 552.